The Bertz CT molecular complexity index is 563. The number of hydrogen-bond acceptors (Lipinski definition) is 2. The van der Waals surface area contributed by atoms with E-state index < -0.39 is 0 Å². The van der Waals surface area contributed by atoms with E-state index in [1.54, 1.807) is 0 Å². The fourth-order valence-corrected chi connectivity index (χ4v) is 7.25. The van der Waals surface area contributed by atoms with Crippen molar-refractivity contribution in [2.24, 2.45) is 46.8 Å². The first-order valence-corrected chi connectivity index (χ1v) is 11.6. The molecule has 7 atom stereocenters. The maximum absolute atomic E-state index is 11.4. The minimum atomic E-state index is -0.164. The zero-order chi connectivity index (χ0) is 19.8. The Morgan fingerprint density at radius 3 is 2.59 bits per heavy atom. The smallest absolute Gasteiger partial charge is 0.307 e. The predicted octanol–water partition coefficient (Wildman–Crippen LogP) is 6.99. The number of fused-ring (bicyclic) bond motifs is 3. The molecule has 0 spiro atoms. The third-order valence-electron chi connectivity index (χ3n) is 8.64. The molecular weight excluding hydrogens is 332 g/mol. The van der Waals surface area contributed by atoms with Crippen molar-refractivity contribution >= 4 is 5.97 Å². The number of allylic oxidation sites excluding steroid dienone is 2. The van der Waals surface area contributed by atoms with Gasteiger partial charge in [-0.2, -0.15) is 0 Å². The first-order valence-electron chi connectivity index (χ1n) is 11.6. The summed E-state index contributed by atoms with van der Waals surface area (Å²) in [6, 6.07) is 0. The third-order valence-corrected chi connectivity index (χ3v) is 8.64. The molecule has 0 heterocycles. The van der Waals surface area contributed by atoms with E-state index in [1.807, 2.05) is 0 Å². The summed E-state index contributed by atoms with van der Waals surface area (Å²) in [5.74, 6) is 6.16. The van der Waals surface area contributed by atoms with Gasteiger partial charge in [-0.1, -0.05) is 53.9 Å². The number of esters is 1. The lowest BCUT2D eigenvalue weighted by atomic mass is 9.53. The Morgan fingerprint density at radius 1 is 1.19 bits per heavy atom. The van der Waals surface area contributed by atoms with Gasteiger partial charge in [0.05, 0.1) is 0 Å². The summed E-state index contributed by atoms with van der Waals surface area (Å²) < 4.78 is 5.53. The van der Waals surface area contributed by atoms with Crippen molar-refractivity contribution in [2.45, 2.75) is 92.9 Å². The maximum Gasteiger partial charge on any atom is 0.307 e. The summed E-state index contributed by atoms with van der Waals surface area (Å²) in [5.41, 5.74) is 0.533. The van der Waals surface area contributed by atoms with Crippen LogP contribution in [0.1, 0.15) is 92.9 Å². The van der Waals surface area contributed by atoms with Crippen molar-refractivity contribution < 1.29 is 9.53 Å². The van der Waals surface area contributed by atoms with Crippen molar-refractivity contribution in [3.8, 4) is 0 Å². The maximum atomic E-state index is 11.4. The molecule has 0 bridgehead atoms. The molecule has 2 saturated carbocycles. The van der Waals surface area contributed by atoms with Gasteiger partial charge < -0.3 is 4.74 Å². The van der Waals surface area contributed by atoms with E-state index in [2.05, 4.69) is 40.7 Å². The Labute approximate surface area is 167 Å². The van der Waals surface area contributed by atoms with Crippen molar-refractivity contribution in [1.29, 1.82) is 0 Å². The number of carbonyl (C=O) groups excluding carboxylic acids is 1. The molecule has 3 aliphatic carbocycles. The van der Waals surface area contributed by atoms with Crippen molar-refractivity contribution in [1.82, 2.24) is 0 Å². The van der Waals surface area contributed by atoms with E-state index in [4.69, 9.17) is 4.74 Å². The molecule has 27 heavy (non-hydrogen) atoms. The van der Waals surface area contributed by atoms with E-state index in [0.717, 1.165) is 41.8 Å². The Kier molecular flexibility index (Phi) is 6.43. The van der Waals surface area contributed by atoms with Crippen LogP contribution in [0.15, 0.2) is 11.8 Å². The van der Waals surface area contributed by atoms with Crippen LogP contribution in [-0.2, 0) is 9.53 Å². The standard InChI is InChI=1S/C25H42O2/c1-16(2)8-7-9-17(3)22-11-12-23-21-10-13-24(27-19(5)26)18(4)20(21)14-15-25(22,23)6/h13,16-18,20-23H,7-12,14-15H2,1-6H3/t17-,18-,20-,21-,22-,23-,25-/m1/s1. The first kappa shape index (κ1) is 20.9. The molecule has 0 aromatic carbocycles. The molecule has 2 nitrogen and oxygen atoms in total. The van der Waals surface area contributed by atoms with E-state index in [1.165, 1.54) is 51.9 Å². The van der Waals surface area contributed by atoms with E-state index in [0.29, 0.717) is 17.3 Å². The van der Waals surface area contributed by atoms with E-state index in [9.17, 15) is 4.79 Å². The quantitative estimate of drug-likeness (QED) is 0.468. The van der Waals surface area contributed by atoms with Gasteiger partial charge in [0.1, 0.15) is 5.76 Å². The van der Waals surface area contributed by atoms with Crippen LogP contribution in [0.25, 0.3) is 0 Å². The van der Waals surface area contributed by atoms with Gasteiger partial charge in [0.25, 0.3) is 0 Å². The molecular formula is C25H42O2. The van der Waals surface area contributed by atoms with Gasteiger partial charge in [0.15, 0.2) is 0 Å². The highest BCUT2D eigenvalue weighted by molar-refractivity contribution is 5.67. The van der Waals surface area contributed by atoms with Gasteiger partial charge in [-0.15, -0.1) is 0 Å². The molecule has 154 valence electrons. The molecule has 0 radical (unpaired) electrons. The molecule has 2 heteroatoms. The SMILES string of the molecule is CC(=O)OC1=CC[C@@H]2[C@H](CC[C@@]3(C)[C@@H]2CC[C@@H]3[C@H](C)CCCC(C)C)[C@H]1C. The van der Waals surface area contributed by atoms with Crippen LogP contribution in [0.2, 0.25) is 0 Å². The third kappa shape index (κ3) is 4.15. The number of rotatable bonds is 6. The normalized spacial score (nSPS) is 39.5. The fourth-order valence-electron chi connectivity index (χ4n) is 7.25. The number of carbonyl (C=O) groups is 1. The monoisotopic (exact) mass is 374 g/mol. The van der Waals surface area contributed by atoms with E-state index in [-0.39, 0.29) is 5.97 Å². The largest absolute Gasteiger partial charge is 0.431 e. The Morgan fingerprint density at radius 2 is 1.93 bits per heavy atom. The molecule has 0 aromatic heterocycles. The lowest BCUT2D eigenvalue weighted by molar-refractivity contribution is -0.139. The Balaban J connectivity index is 1.69. The van der Waals surface area contributed by atoms with Crippen LogP contribution in [0.5, 0.6) is 0 Å². The summed E-state index contributed by atoms with van der Waals surface area (Å²) in [7, 11) is 0. The van der Waals surface area contributed by atoms with Crippen LogP contribution in [-0.4, -0.2) is 5.97 Å². The van der Waals surface area contributed by atoms with Crippen LogP contribution < -0.4 is 0 Å². The molecule has 3 aliphatic rings. The molecule has 0 aliphatic heterocycles. The summed E-state index contributed by atoms with van der Waals surface area (Å²) in [6.45, 7) is 13.7. The molecule has 0 unspecified atom stereocenters. The second kappa shape index (κ2) is 8.29. The van der Waals surface area contributed by atoms with Gasteiger partial charge in [-0.25, -0.2) is 0 Å². The van der Waals surface area contributed by atoms with Crippen molar-refractivity contribution in [3.63, 3.8) is 0 Å². The number of hydrogen-bond donors (Lipinski definition) is 0. The fraction of sp³-hybridized carbons (Fsp3) is 0.880. The van der Waals surface area contributed by atoms with Gasteiger partial charge in [-0.3, -0.25) is 4.79 Å². The minimum Gasteiger partial charge on any atom is -0.431 e. The van der Waals surface area contributed by atoms with Gasteiger partial charge >= 0.3 is 5.97 Å². The zero-order valence-corrected chi connectivity index (χ0v) is 18.6. The molecule has 3 rings (SSSR count). The summed E-state index contributed by atoms with van der Waals surface area (Å²) >= 11 is 0. The Hall–Kier alpha value is -0.790. The van der Waals surface area contributed by atoms with Crippen LogP contribution in [0.4, 0.5) is 0 Å². The summed E-state index contributed by atoms with van der Waals surface area (Å²) in [5, 5.41) is 0. The number of ether oxygens (including phenoxy) is 1. The first-order chi connectivity index (χ1) is 12.7. The second-order valence-electron chi connectivity index (χ2n) is 10.7. The van der Waals surface area contributed by atoms with Crippen LogP contribution >= 0.6 is 0 Å². The molecule has 2 fully saturated rings. The second-order valence-corrected chi connectivity index (χ2v) is 10.7. The highest BCUT2D eigenvalue weighted by atomic mass is 16.5. The highest BCUT2D eigenvalue weighted by Gasteiger charge is 2.56. The average molecular weight is 375 g/mol. The molecule has 0 amide bonds. The topological polar surface area (TPSA) is 26.3 Å². The molecule has 0 aromatic rings. The molecule has 0 N–H and O–H groups in total. The predicted molar refractivity (Wildman–Crippen MR) is 112 cm³/mol. The summed E-state index contributed by atoms with van der Waals surface area (Å²) in [4.78, 5) is 11.4. The minimum absolute atomic E-state index is 0.164. The lowest BCUT2D eigenvalue weighted by Crippen LogP contribution is -2.45. The highest BCUT2D eigenvalue weighted by Crippen LogP contribution is 2.63. The van der Waals surface area contributed by atoms with Gasteiger partial charge in [-0.05, 0) is 79.1 Å². The molecule has 0 saturated heterocycles. The van der Waals surface area contributed by atoms with Gasteiger partial charge in [0.2, 0.25) is 0 Å². The van der Waals surface area contributed by atoms with Crippen LogP contribution in [0, 0.1) is 46.8 Å². The van der Waals surface area contributed by atoms with Crippen LogP contribution in [0.3, 0.4) is 0 Å². The zero-order valence-electron chi connectivity index (χ0n) is 18.6. The van der Waals surface area contributed by atoms with Crippen molar-refractivity contribution in [3.05, 3.63) is 11.8 Å². The van der Waals surface area contributed by atoms with Gasteiger partial charge in [0, 0.05) is 12.8 Å². The average Bonchev–Trinajstić information content (AvgIpc) is 2.94. The van der Waals surface area contributed by atoms with Crippen molar-refractivity contribution in [2.75, 3.05) is 0 Å². The van der Waals surface area contributed by atoms with E-state index >= 15 is 0 Å². The summed E-state index contributed by atoms with van der Waals surface area (Å²) in [6.07, 6.45) is 13.1. The lowest BCUT2D eigenvalue weighted by Gasteiger charge is -2.52.